The highest BCUT2D eigenvalue weighted by Gasteiger charge is 2.44. The average molecular weight is 719 g/mol. The summed E-state index contributed by atoms with van der Waals surface area (Å²) in [6.07, 6.45) is 2.66. The van der Waals surface area contributed by atoms with Crippen LogP contribution in [0.5, 0.6) is 11.5 Å². The lowest BCUT2D eigenvalue weighted by Gasteiger charge is -2.27. The predicted octanol–water partition coefficient (Wildman–Crippen LogP) is 4.50. The molecule has 7 rings (SSSR count). The first-order valence-corrected chi connectivity index (χ1v) is 17.9. The summed E-state index contributed by atoms with van der Waals surface area (Å²) in [5, 5.41) is 5.49. The maximum absolute atomic E-state index is 13.1. The van der Waals surface area contributed by atoms with Crippen LogP contribution >= 0.6 is 0 Å². The fraction of sp³-hybridized carbons (Fsp3) is 0.350. The number of morpholine rings is 1. The van der Waals surface area contributed by atoms with Gasteiger partial charge in [0, 0.05) is 43.4 Å². The largest absolute Gasteiger partial charge is 0.494 e. The Morgan fingerprint density at radius 3 is 2.25 bits per heavy atom. The molecule has 1 aromatic heterocycles. The quantitative estimate of drug-likeness (QED) is 0.149. The number of carbonyl (C=O) groups is 4. The number of carbonyl (C=O) groups excluding carboxylic acids is 4. The Labute approximate surface area is 307 Å². The number of hydrogen-bond acceptors (Lipinski definition) is 11. The van der Waals surface area contributed by atoms with E-state index in [0.29, 0.717) is 51.0 Å². The van der Waals surface area contributed by atoms with Crippen molar-refractivity contribution in [2.45, 2.75) is 51.2 Å². The number of imide groups is 2. The Hall–Kier alpha value is -5.82. The number of fused-ring (bicyclic) bond motifs is 1. The zero-order chi connectivity index (χ0) is 37.0. The summed E-state index contributed by atoms with van der Waals surface area (Å²) in [6, 6.07) is 22.1. The maximum Gasteiger partial charge on any atom is 0.262 e. The molecule has 274 valence electrons. The van der Waals surface area contributed by atoms with Crippen LogP contribution in [0.1, 0.15) is 70.6 Å². The Kier molecular flexibility index (Phi) is 10.4. The third-order valence-electron chi connectivity index (χ3n) is 9.89. The molecule has 0 aliphatic carbocycles. The Morgan fingerprint density at radius 1 is 0.868 bits per heavy atom. The van der Waals surface area contributed by atoms with E-state index >= 15 is 0 Å². The summed E-state index contributed by atoms with van der Waals surface area (Å²) < 4.78 is 17.5. The molecular formula is C40H42N6O7. The maximum atomic E-state index is 13.1. The first kappa shape index (κ1) is 35.6. The molecule has 3 aliphatic rings. The molecule has 1 unspecified atom stereocenters. The Morgan fingerprint density at radius 2 is 1.55 bits per heavy atom. The van der Waals surface area contributed by atoms with Crippen LogP contribution in [-0.4, -0.2) is 84.0 Å². The van der Waals surface area contributed by atoms with Gasteiger partial charge in [-0.15, -0.1) is 0 Å². The van der Waals surface area contributed by atoms with E-state index in [-0.39, 0.29) is 29.4 Å². The van der Waals surface area contributed by atoms with Crippen molar-refractivity contribution in [1.29, 1.82) is 0 Å². The fourth-order valence-corrected chi connectivity index (χ4v) is 6.72. The highest BCUT2D eigenvalue weighted by atomic mass is 16.5. The van der Waals surface area contributed by atoms with Crippen molar-refractivity contribution >= 4 is 35.3 Å². The highest BCUT2D eigenvalue weighted by molar-refractivity contribution is 6.23. The zero-order valence-corrected chi connectivity index (χ0v) is 29.8. The number of anilines is 2. The number of aromatic nitrogens is 2. The standard InChI is InChI=1S/C40H42N6O7/c1-40(2,27-6-11-31(12-7-27)53-25-29-16-18-42-39(43-29)45-19-22-51-23-20-45)26-4-9-30(10-5-26)52-21-3-17-41-28-8-13-32-33(24-28)38(50)46(37(32)49)34-14-15-35(47)44-36(34)48/h4-13,16,18,24,34,41H,3,14-15,17,19-23,25H2,1-2H3,(H,44,47,48). The molecule has 0 saturated carbocycles. The summed E-state index contributed by atoms with van der Waals surface area (Å²) in [7, 11) is 0. The van der Waals surface area contributed by atoms with Crippen LogP contribution in [0, 0.1) is 0 Å². The van der Waals surface area contributed by atoms with Crippen molar-refractivity contribution in [2.75, 3.05) is 49.7 Å². The van der Waals surface area contributed by atoms with Crippen molar-refractivity contribution in [3.63, 3.8) is 0 Å². The van der Waals surface area contributed by atoms with Gasteiger partial charge >= 0.3 is 0 Å². The van der Waals surface area contributed by atoms with Gasteiger partial charge in [0.25, 0.3) is 11.8 Å². The van der Waals surface area contributed by atoms with E-state index < -0.39 is 29.7 Å². The summed E-state index contributed by atoms with van der Waals surface area (Å²) in [5.74, 6) is 0.158. The van der Waals surface area contributed by atoms with Crippen molar-refractivity contribution in [3.8, 4) is 11.5 Å². The van der Waals surface area contributed by atoms with Crippen molar-refractivity contribution in [2.24, 2.45) is 0 Å². The third kappa shape index (κ3) is 7.85. The van der Waals surface area contributed by atoms with Crippen LogP contribution in [0.3, 0.4) is 0 Å². The molecule has 2 saturated heterocycles. The number of benzene rings is 3. The van der Waals surface area contributed by atoms with Gasteiger partial charge in [0.05, 0.1) is 36.6 Å². The number of piperidine rings is 1. The first-order chi connectivity index (χ1) is 25.7. The van der Waals surface area contributed by atoms with Crippen molar-refractivity contribution < 1.29 is 33.4 Å². The molecule has 3 aliphatic heterocycles. The molecule has 4 heterocycles. The summed E-state index contributed by atoms with van der Waals surface area (Å²) >= 11 is 0. The van der Waals surface area contributed by atoms with Gasteiger partial charge in [0.1, 0.15) is 24.1 Å². The second kappa shape index (κ2) is 15.4. The zero-order valence-electron chi connectivity index (χ0n) is 29.8. The molecule has 13 nitrogen and oxygen atoms in total. The highest BCUT2D eigenvalue weighted by Crippen LogP contribution is 2.34. The molecule has 4 aromatic rings. The number of nitrogens with zero attached hydrogens (tertiary/aromatic N) is 4. The minimum atomic E-state index is -0.988. The van der Waals surface area contributed by atoms with E-state index in [1.54, 1.807) is 24.4 Å². The minimum Gasteiger partial charge on any atom is -0.494 e. The molecule has 1 atom stereocenters. The monoisotopic (exact) mass is 718 g/mol. The second-order valence-electron chi connectivity index (χ2n) is 13.7. The lowest BCUT2D eigenvalue weighted by atomic mass is 9.78. The lowest BCUT2D eigenvalue weighted by molar-refractivity contribution is -0.136. The minimum absolute atomic E-state index is 0.0799. The smallest absolute Gasteiger partial charge is 0.262 e. The fourth-order valence-electron chi connectivity index (χ4n) is 6.72. The van der Waals surface area contributed by atoms with Crippen LogP contribution in [0.25, 0.3) is 0 Å². The van der Waals surface area contributed by atoms with Gasteiger partial charge in [-0.2, -0.15) is 0 Å². The number of rotatable bonds is 13. The summed E-state index contributed by atoms with van der Waals surface area (Å²) in [6.45, 7) is 8.70. The normalized spacial score (nSPS) is 17.4. The Bertz CT molecular complexity index is 1990. The van der Waals surface area contributed by atoms with Crippen molar-refractivity contribution in [1.82, 2.24) is 20.2 Å². The van der Waals surface area contributed by atoms with E-state index in [2.05, 4.69) is 63.6 Å². The van der Waals surface area contributed by atoms with Gasteiger partial charge in [0.15, 0.2) is 0 Å². The molecule has 53 heavy (non-hydrogen) atoms. The summed E-state index contributed by atoms with van der Waals surface area (Å²) in [4.78, 5) is 62.1. The van der Waals surface area contributed by atoms with E-state index in [9.17, 15) is 19.2 Å². The molecule has 13 heteroatoms. The summed E-state index contributed by atoms with van der Waals surface area (Å²) in [5.41, 5.74) is 4.05. The predicted molar refractivity (Wildman–Crippen MR) is 196 cm³/mol. The second-order valence-corrected chi connectivity index (χ2v) is 13.7. The van der Waals surface area contributed by atoms with E-state index in [1.165, 1.54) is 0 Å². The van der Waals surface area contributed by atoms with Crippen molar-refractivity contribution in [3.05, 3.63) is 107 Å². The third-order valence-corrected chi connectivity index (χ3v) is 9.89. The molecule has 3 aromatic carbocycles. The van der Waals surface area contributed by atoms with Gasteiger partial charge in [0.2, 0.25) is 17.8 Å². The lowest BCUT2D eigenvalue weighted by Crippen LogP contribution is -2.54. The number of ether oxygens (including phenoxy) is 3. The van der Waals surface area contributed by atoms with Crippen LogP contribution in [0.4, 0.5) is 11.6 Å². The number of nitrogens with one attached hydrogen (secondary N) is 2. The van der Waals surface area contributed by atoms with E-state index in [4.69, 9.17) is 14.2 Å². The van der Waals surface area contributed by atoms with E-state index in [0.717, 1.165) is 46.3 Å². The first-order valence-electron chi connectivity index (χ1n) is 17.9. The molecule has 0 spiro atoms. The van der Waals surface area contributed by atoms with Crippen LogP contribution in [-0.2, 0) is 26.3 Å². The number of amides is 4. The van der Waals surface area contributed by atoms with Gasteiger partial charge in [-0.05, 0) is 72.5 Å². The molecule has 0 radical (unpaired) electrons. The number of hydrogen-bond donors (Lipinski definition) is 2. The molecular weight excluding hydrogens is 676 g/mol. The molecule has 2 fully saturated rings. The van der Waals surface area contributed by atoms with Gasteiger partial charge < -0.3 is 24.4 Å². The molecule has 2 N–H and O–H groups in total. The van der Waals surface area contributed by atoms with E-state index in [1.807, 2.05) is 30.3 Å². The molecule has 0 bridgehead atoms. The Balaban J connectivity index is 0.863. The van der Waals surface area contributed by atoms with Gasteiger partial charge in [-0.25, -0.2) is 9.97 Å². The SMILES string of the molecule is CC(C)(c1ccc(OCCCNc2ccc3c(c2)C(=O)N(C2CCC(=O)NC2=O)C3=O)cc1)c1ccc(OCc2ccnc(N3CCOCC3)n2)cc1. The van der Waals surface area contributed by atoms with Gasteiger partial charge in [-0.1, -0.05) is 38.1 Å². The van der Waals surface area contributed by atoms with Crippen LogP contribution < -0.4 is 25.0 Å². The molecule has 4 amide bonds. The average Bonchev–Trinajstić information content (AvgIpc) is 3.42. The van der Waals surface area contributed by atoms with Crippen LogP contribution in [0.15, 0.2) is 79.0 Å². The van der Waals surface area contributed by atoms with Crippen LogP contribution in [0.2, 0.25) is 0 Å². The topological polar surface area (TPSA) is 152 Å². The van der Waals surface area contributed by atoms with Gasteiger partial charge in [-0.3, -0.25) is 29.4 Å².